The molecule has 114 valence electrons. The molecular formula is C16H14BrNO3S. The van der Waals surface area contributed by atoms with Crippen LogP contribution in [0.1, 0.15) is 21.2 Å². The Balaban J connectivity index is 1.86. The molecule has 0 bridgehead atoms. The Labute approximate surface area is 140 Å². The molecule has 2 unspecified atom stereocenters. The molecule has 1 amide bonds. The van der Waals surface area contributed by atoms with Crippen LogP contribution in [0.3, 0.4) is 0 Å². The summed E-state index contributed by atoms with van der Waals surface area (Å²) in [5, 5.41) is 11.3. The van der Waals surface area contributed by atoms with E-state index in [1.807, 2.05) is 41.8 Å². The first kappa shape index (κ1) is 15.2. The molecule has 6 heteroatoms. The predicted molar refractivity (Wildman–Crippen MR) is 88.2 cm³/mol. The zero-order valence-electron chi connectivity index (χ0n) is 11.6. The monoisotopic (exact) mass is 379 g/mol. The van der Waals surface area contributed by atoms with Gasteiger partial charge in [0.05, 0.1) is 5.92 Å². The van der Waals surface area contributed by atoms with Crippen molar-refractivity contribution in [3.8, 4) is 0 Å². The van der Waals surface area contributed by atoms with Crippen LogP contribution in [-0.4, -0.2) is 35.0 Å². The van der Waals surface area contributed by atoms with Crippen LogP contribution in [0.25, 0.3) is 0 Å². The molecule has 0 aliphatic carbocycles. The lowest BCUT2D eigenvalue weighted by Gasteiger charge is -2.16. The third-order valence-corrected chi connectivity index (χ3v) is 5.79. The summed E-state index contributed by atoms with van der Waals surface area (Å²) in [4.78, 5) is 26.4. The summed E-state index contributed by atoms with van der Waals surface area (Å²) in [6.45, 7) is 0.683. The van der Waals surface area contributed by atoms with Gasteiger partial charge in [0.15, 0.2) is 0 Å². The van der Waals surface area contributed by atoms with Crippen molar-refractivity contribution in [2.24, 2.45) is 5.92 Å². The molecule has 22 heavy (non-hydrogen) atoms. The number of aliphatic carboxylic acids is 1. The molecule has 1 fully saturated rings. The number of nitrogens with zero attached hydrogens (tertiary/aromatic N) is 1. The Morgan fingerprint density at radius 2 is 1.91 bits per heavy atom. The highest BCUT2D eigenvalue weighted by Gasteiger charge is 2.41. The van der Waals surface area contributed by atoms with E-state index in [2.05, 4.69) is 15.9 Å². The third-order valence-electron chi connectivity index (χ3n) is 3.96. The number of thiophene rings is 1. The third kappa shape index (κ3) is 2.80. The zero-order valence-corrected chi connectivity index (χ0v) is 14.0. The first-order valence-electron chi connectivity index (χ1n) is 6.88. The van der Waals surface area contributed by atoms with Gasteiger partial charge >= 0.3 is 5.97 Å². The molecule has 2 heterocycles. The maximum Gasteiger partial charge on any atom is 0.308 e. The van der Waals surface area contributed by atoms with Crippen LogP contribution in [0.4, 0.5) is 0 Å². The van der Waals surface area contributed by atoms with Gasteiger partial charge in [-0.25, -0.2) is 0 Å². The SMILES string of the molecule is O=C(O)C1CN(C(=O)c2sccc2Br)CC1c1ccccc1. The van der Waals surface area contributed by atoms with E-state index in [0.717, 1.165) is 10.0 Å². The van der Waals surface area contributed by atoms with Gasteiger partial charge in [0.1, 0.15) is 4.88 Å². The van der Waals surface area contributed by atoms with Crippen LogP contribution < -0.4 is 0 Å². The number of halogens is 1. The first-order valence-corrected chi connectivity index (χ1v) is 8.55. The normalized spacial score (nSPS) is 21.0. The van der Waals surface area contributed by atoms with Crippen LogP contribution in [0.2, 0.25) is 0 Å². The average molecular weight is 380 g/mol. The number of likely N-dealkylation sites (tertiary alicyclic amines) is 1. The predicted octanol–water partition coefficient (Wildman–Crippen LogP) is 3.45. The second-order valence-corrected chi connectivity index (χ2v) is 7.04. The van der Waals surface area contributed by atoms with Crippen LogP contribution in [0, 0.1) is 5.92 Å². The van der Waals surface area contributed by atoms with Crippen molar-refractivity contribution in [3.63, 3.8) is 0 Å². The summed E-state index contributed by atoms with van der Waals surface area (Å²) in [6, 6.07) is 11.4. The number of carbonyl (C=O) groups excluding carboxylic acids is 1. The molecule has 1 aromatic heterocycles. The second kappa shape index (κ2) is 6.22. The summed E-state index contributed by atoms with van der Waals surface area (Å²) >= 11 is 4.73. The fourth-order valence-corrected chi connectivity index (χ4v) is 4.36. The molecule has 1 aliphatic heterocycles. The van der Waals surface area contributed by atoms with E-state index in [1.165, 1.54) is 11.3 Å². The smallest absolute Gasteiger partial charge is 0.308 e. The van der Waals surface area contributed by atoms with Gasteiger partial charge in [0.2, 0.25) is 0 Å². The van der Waals surface area contributed by atoms with Gasteiger partial charge in [-0.05, 0) is 32.9 Å². The van der Waals surface area contributed by atoms with Crippen LogP contribution in [-0.2, 0) is 4.79 Å². The molecule has 0 saturated carbocycles. The summed E-state index contributed by atoms with van der Waals surface area (Å²) in [7, 11) is 0. The van der Waals surface area contributed by atoms with Gasteiger partial charge in [-0.3, -0.25) is 9.59 Å². The summed E-state index contributed by atoms with van der Waals surface area (Å²) < 4.78 is 0.762. The van der Waals surface area contributed by atoms with Crippen molar-refractivity contribution in [1.29, 1.82) is 0 Å². The number of carboxylic acids is 1. The minimum absolute atomic E-state index is 0.105. The van der Waals surface area contributed by atoms with Crippen molar-refractivity contribution >= 4 is 39.1 Å². The van der Waals surface area contributed by atoms with E-state index in [0.29, 0.717) is 11.4 Å². The van der Waals surface area contributed by atoms with E-state index >= 15 is 0 Å². The summed E-state index contributed by atoms with van der Waals surface area (Å²) in [5.41, 5.74) is 0.968. The second-order valence-electron chi connectivity index (χ2n) is 5.27. The lowest BCUT2D eigenvalue weighted by Crippen LogP contribution is -2.29. The highest BCUT2D eigenvalue weighted by Crippen LogP contribution is 2.35. The number of rotatable bonds is 3. The first-order chi connectivity index (χ1) is 10.6. The molecule has 3 rings (SSSR count). The molecular weight excluding hydrogens is 366 g/mol. The van der Waals surface area contributed by atoms with Crippen LogP contribution in [0.5, 0.6) is 0 Å². The van der Waals surface area contributed by atoms with Crippen molar-refractivity contribution in [2.45, 2.75) is 5.92 Å². The molecule has 1 aliphatic rings. The number of carboxylic acid groups (broad SMARTS) is 1. The molecule has 2 aromatic rings. The fourth-order valence-electron chi connectivity index (χ4n) is 2.85. The van der Waals surface area contributed by atoms with Crippen LogP contribution >= 0.6 is 27.3 Å². The molecule has 1 saturated heterocycles. The Kier molecular flexibility index (Phi) is 4.31. The van der Waals surface area contributed by atoms with E-state index in [9.17, 15) is 14.7 Å². The molecule has 1 N–H and O–H groups in total. The maximum atomic E-state index is 12.6. The van der Waals surface area contributed by atoms with Crippen molar-refractivity contribution in [2.75, 3.05) is 13.1 Å². The topological polar surface area (TPSA) is 57.6 Å². The lowest BCUT2D eigenvalue weighted by molar-refractivity contribution is -0.141. The Morgan fingerprint density at radius 1 is 1.18 bits per heavy atom. The van der Waals surface area contributed by atoms with Crippen LogP contribution in [0.15, 0.2) is 46.3 Å². The number of hydrogen-bond donors (Lipinski definition) is 1. The quantitative estimate of drug-likeness (QED) is 0.888. The number of carbonyl (C=O) groups is 2. The number of benzene rings is 1. The largest absolute Gasteiger partial charge is 0.481 e. The highest BCUT2D eigenvalue weighted by atomic mass is 79.9. The van der Waals surface area contributed by atoms with Crippen molar-refractivity contribution in [3.05, 3.63) is 56.7 Å². The number of amides is 1. The molecule has 0 radical (unpaired) electrons. The molecule has 4 nitrogen and oxygen atoms in total. The summed E-state index contributed by atoms with van der Waals surface area (Å²) in [5.74, 6) is -1.69. The van der Waals surface area contributed by atoms with Gasteiger partial charge in [0, 0.05) is 23.5 Å². The zero-order chi connectivity index (χ0) is 15.7. The highest BCUT2D eigenvalue weighted by molar-refractivity contribution is 9.10. The van der Waals surface area contributed by atoms with Gasteiger partial charge in [-0.15, -0.1) is 11.3 Å². The molecule has 2 atom stereocenters. The Hall–Kier alpha value is -1.66. The van der Waals surface area contributed by atoms with Gasteiger partial charge in [-0.1, -0.05) is 30.3 Å². The molecule has 0 spiro atoms. The van der Waals surface area contributed by atoms with E-state index < -0.39 is 11.9 Å². The summed E-state index contributed by atoms with van der Waals surface area (Å²) in [6.07, 6.45) is 0. The van der Waals surface area contributed by atoms with E-state index in [1.54, 1.807) is 4.90 Å². The van der Waals surface area contributed by atoms with Crippen molar-refractivity contribution < 1.29 is 14.7 Å². The molecule has 1 aromatic carbocycles. The van der Waals surface area contributed by atoms with E-state index in [4.69, 9.17) is 0 Å². The number of hydrogen-bond acceptors (Lipinski definition) is 3. The van der Waals surface area contributed by atoms with Gasteiger partial charge < -0.3 is 10.0 Å². The lowest BCUT2D eigenvalue weighted by atomic mass is 9.89. The Bertz CT molecular complexity index is 700. The average Bonchev–Trinajstić information content (AvgIpc) is 3.14. The maximum absolute atomic E-state index is 12.6. The van der Waals surface area contributed by atoms with E-state index in [-0.39, 0.29) is 18.4 Å². The minimum atomic E-state index is -0.852. The Morgan fingerprint density at radius 3 is 2.50 bits per heavy atom. The minimum Gasteiger partial charge on any atom is -0.481 e. The van der Waals surface area contributed by atoms with Gasteiger partial charge in [0.25, 0.3) is 5.91 Å². The van der Waals surface area contributed by atoms with Gasteiger partial charge in [-0.2, -0.15) is 0 Å². The van der Waals surface area contributed by atoms with Crippen molar-refractivity contribution in [1.82, 2.24) is 4.90 Å². The fraction of sp³-hybridized carbons (Fsp3) is 0.250. The standard InChI is InChI=1S/C16H14BrNO3S/c17-13-6-7-22-14(13)15(19)18-8-11(12(9-18)16(20)21)10-4-2-1-3-5-10/h1-7,11-12H,8-9H2,(H,20,21).